The zero-order valence-corrected chi connectivity index (χ0v) is 10.4. The third kappa shape index (κ3) is 7.25. The molecule has 0 bridgehead atoms. The lowest BCUT2D eigenvalue weighted by molar-refractivity contribution is -0.139. The van der Waals surface area contributed by atoms with Crippen LogP contribution < -0.4 is 5.32 Å². The predicted molar refractivity (Wildman–Crippen MR) is 61.9 cm³/mol. The Labute approximate surface area is 95.1 Å². The molecule has 1 N–H and O–H groups in total. The number of amides is 1. The molecule has 0 radical (unpaired) electrons. The third-order valence-corrected chi connectivity index (χ3v) is 2.79. The molecule has 5 heteroatoms. The fourth-order valence-corrected chi connectivity index (χ4v) is 1.57. The Hall–Kier alpha value is -0.710. The van der Waals surface area contributed by atoms with Gasteiger partial charge in [-0.05, 0) is 20.3 Å². The highest BCUT2D eigenvalue weighted by molar-refractivity contribution is 8.01. The van der Waals surface area contributed by atoms with Crippen molar-refractivity contribution in [1.29, 1.82) is 0 Å². The molecule has 0 spiro atoms. The number of thioether (sulfide) groups is 1. The first-order chi connectivity index (χ1) is 7.11. The Kier molecular flexibility index (Phi) is 8.18. The van der Waals surface area contributed by atoms with Crippen LogP contribution in [0, 0.1) is 0 Å². The smallest absolute Gasteiger partial charge is 0.315 e. The van der Waals surface area contributed by atoms with Gasteiger partial charge in [-0.2, -0.15) is 0 Å². The molecule has 1 amide bonds. The molecule has 0 rings (SSSR count). The zero-order valence-electron chi connectivity index (χ0n) is 9.54. The van der Waals surface area contributed by atoms with Gasteiger partial charge in [-0.1, -0.05) is 6.92 Å². The van der Waals surface area contributed by atoms with E-state index in [1.165, 1.54) is 11.8 Å². The van der Waals surface area contributed by atoms with Gasteiger partial charge in [0.25, 0.3) is 0 Å². The molecule has 1 atom stereocenters. The molecule has 0 aromatic rings. The van der Waals surface area contributed by atoms with Gasteiger partial charge in [-0.25, -0.2) is 0 Å². The van der Waals surface area contributed by atoms with E-state index < -0.39 is 0 Å². The molecular weight excluding hydrogens is 214 g/mol. The predicted octanol–water partition coefficient (Wildman–Crippen LogP) is 1.20. The summed E-state index contributed by atoms with van der Waals surface area (Å²) in [5, 5.41) is 2.57. The second-order valence-corrected chi connectivity index (χ2v) is 4.38. The Balaban J connectivity index is 3.67. The highest BCUT2D eigenvalue weighted by atomic mass is 32.2. The van der Waals surface area contributed by atoms with Crippen molar-refractivity contribution in [2.45, 2.75) is 32.4 Å². The zero-order chi connectivity index (χ0) is 11.7. The summed E-state index contributed by atoms with van der Waals surface area (Å²) in [7, 11) is 0. The van der Waals surface area contributed by atoms with Crippen LogP contribution in [0.4, 0.5) is 0 Å². The summed E-state index contributed by atoms with van der Waals surface area (Å²) < 4.78 is 4.76. The molecular formula is C10H19NO3S. The van der Waals surface area contributed by atoms with Crippen molar-refractivity contribution in [2.75, 3.05) is 18.9 Å². The molecule has 0 heterocycles. The van der Waals surface area contributed by atoms with Gasteiger partial charge >= 0.3 is 5.97 Å². The van der Waals surface area contributed by atoms with Gasteiger partial charge in [0.05, 0.1) is 17.6 Å². The first-order valence-electron chi connectivity index (χ1n) is 5.16. The minimum absolute atomic E-state index is 0.0221. The number of nitrogens with one attached hydrogen (secondary N) is 1. The molecule has 0 aliphatic carbocycles. The van der Waals surface area contributed by atoms with E-state index in [0.717, 1.165) is 6.42 Å². The van der Waals surface area contributed by atoms with Crippen molar-refractivity contribution in [1.82, 2.24) is 5.32 Å². The van der Waals surface area contributed by atoms with Crippen molar-refractivity contribution >= 4 is 23.6 Å². The lowest BCUT2D eigenvalue weighted by atomic mass is 10.4. The summed E-state index contributed by atoms with van der Waals surface area (Å²) in [6.45, 7) is 6.62. The molecule has 0 aliphatic rings. The highest BCUT2D eigenvalue weighted by Crippen LogP contribution is 2.10. The minimum Gasteiger partial charge on any atom is -0.465 e. The number of hydrogen-bond acceptors (Lipinski definition) is 4. The van der Waals surface area contributed by atoms with Crippen LogP contribution in [0.1, 0.15) is 27.2 Å². The van der Waals surface area contributed by atoms with Crippen LogP contribution in [0.25, 0.3) is 0 Å². The highest BCUT2D eigenvalue weighted by Gasteiger charge is 2.14. The molecule has 88 valence electrons. The maximum Gasteiger partial charge on any atom is 0.315 e. The van der Waals surface area contributed by atoms with Gasteiger partial charge < -0.3 is 10.1 Å². The van der Waals surface area contributed by atoms with Crippen molar-refractivity contribution in [3.8, 4) is 0 Å². The van der Waals surface area contributed by atoms with E-state index in [0.29, 0.717) is 13.2 Å². The lowest BCUT2D eigenvalue weighted by Gasteiger charge is -2.10. The van der Waals surface area contributed by atoms with Gasteiger partial charge in [0.15, 0.2) is 0 Å². The summed E-state index contributed by atoms with van der Waals surface area (Å²) in [5.74, 6) is -0.0575. The minimum atomic E-state index is -0.266. The second kappa shape index (κ2) is 8.59. The topological polar surface area (TPSA) is 55.4 Å². The first kappa shape index (κ1) is 14.3. The molecule has 0 aromatic carbocycles. The average Bonchev–Trinajstić information content (AvgIpc) is 2.22. The summed E-state index contributed by atoms with van der Waals surface area (Å²) in [6, 6.07) is 0. The van der Waals surface area contributed by atoms with Crippen LogP contribution in [0.3, 0.4) is 0 Å². The Morgan fingerprint density at radius 1 is 1.40 bits per heavy atom. The van der Waals surface area contributed by atoms with E-state index in [1.807, 2.05) is 6.92 Å². The normalized spacial score (nSPS) is 11.9. The van der Waals surface area contributed by atoms with Crippen LogP contribution >= 0.6 is 11.8 Å². The maximum atomic E-state index is 11.4. The third-order valence-electron chi connectivity index (χ3n) is 1.67. The Morgan fingerprint density at radius 2 is 2.07 bits per heavy atom. The van der Waals surface area contributed by atoms with Crippen molar-refractivity contribution in [3.63, 3.8) is 0 Å². The maximum absolute atomic E-state index is 11.4. The van der Waals surface area contributed by atoms with Gasteiger partial charge in [0.1, 0.15) is 0 Å². The quantitative estimate of drug-likeness (QED) is 0.671. The molecule has 0 saturated carbocycles. The second-order valence-electron chi connectivity index (χ2n) is 3.05. The SMILES string of the molecule is CCCNC(=O)C(C)SCC(=O)OCC. The van der Waals surface area contributed by atoms with E-state index in [9.17, 15) is 9.59 Å². The molecule has 1 unspecified atom stereocenters. The fourth-order valence-electron chi connectivity index (χ4n) is 0.863. The van der Waals surface area contributed by atoms with Crippen LogP contribution in [0.5, 0.6) is 0 Å². The molecule has 0 aromatic heterocycles. The van der Waals surface area contributed by atoms with Crippen molar-refractivity contribution < 1.29 is 14.3 Å². The summed E-state index contributed by atoms with van der Waals surface area (Å²) >= 11 is 1.30. The van der Waals surface area contributed by atoms with Crippen LogP contribution in [-0.2, 0) is 14.3 Å². The summed E-state index contributed by atoms with van der Waals surface area (Å²) in [4.78, 5) is 22.4. The van der Waals surface area contributed by atoms with E-state index in [-0.39, 0.29) is 22.9 Å². The number of rotatable bonds is 7. The van der Waals surface area contributed by atoms with E-state index in [4.69, 9.17) is 4.74 Å². The largest absolute Gasteiger partial charge is 0.465 e. The van der Waals surface area contributed by atoms with E-state index in [2.05, 4.69) is 5.32 Å². The molecule has 0 aliphatic heterocycles. The van der Waals surface area contributed by atoms with Crippen molar-refractivity contribution in [3.05, 3.63) is 0 Å². The summed E-state index contributed by atoms with van der Waals surface area (Å²) in [6.07, 6.45) is 0.918. The number of esters is 1. The van der Waals surface area contributed by atoms with Crippen LogP contribution in [0.15, 0.2) is 0 Å². The van der Waals surface area contributed by atoms with Gasteiger partial charge in [0.2, 0.25) is 5.91 Å². The number of carbonyl (C=O) groups excluding carboxylic acids is 2. The number of ether oxygens (including phenoxy) is 1. The lowest BCUT2D eigenvalue weighted by Crippen LogP contribution is -2.32. The first-order valence-corrected chi connectivity index (χ1v) is 6.21. The van der Waals surface area contributed by atoms with Gasteiger partial charge in [0, 0.05) is 6.54 Å². The van der Waals surface area contributed by atoms with Crippen LogP contribution in [0.2, 0.25) is 0 Å². The average molecular weight is 233 g/mol. The summed E-state index contributed by atoms with van der Waals surface area (Å²) in [5.41, 5.74) is 0. The van der Waals surface area contributed by atoms with Gasteiger partial charge in [-0.15, -0.1) is 11.8 Å². The standard InChI is InChI=1S/C10H19NO3S/c1-4-6-11-10(13)8(3)15-7-9(12)14-5-2/h8H,4-7H2,1-3H3,(H,11,13). The Morgan fingerprint density at radius 3 is 2.60 bits per heavy atom. The van der Waals surface area contributed by atoms with Gasteiger partial charge in [-0.3, -0.25) is 9.59 Å². The fraction of sp³-hybridized carbons (Fsp3) is 0.800. The Bertz CT molecular complexity index is 209. The molecule has 0 fully saturated rings. The molecule has 0 saturated heterocycles. The monoisotopic (exact) mass is 233 g/mol. The van der Waals surface area contributed by atoms with Crippen molar-refractivity contribution in [2.24, 2.45) is 0 Å². The number of hydrogen-bond donors (Lipinski definition) is 1. The van der Waals surface area contributed by atoms with Crippen LogP contribution in [-0.4, -0.2) is 36.0 Å². The number of carbonyl (C=O) groups is 2. The molecule has 15 heavy (non-hydrogen) atoms. The van der Waals surface area contributed by atoms with E-state index in [1.54, 1.807) is 13.8 Å². The van der Waals surface area contributed by atoms with E-state index >= 15 is 0 Å². The molecule has 4 nitrogen and oxygen atoms in total.